The molecule has 2 aliphatic rings. The van der Waals surface area contributed by atoms with E-state index in [1.807, 2.05) is 59.3 Å². The van der Waals surface area contributed by atoms with E-state index in [0.29, 0.717) is 17.6 Å². The lowest BCUT2D eigenvalue weighted by Gasteiger charge is -2.41. The van der Waals surface area contributed by atoms with Gasteiger partial charge in [0.1, 0.15) is 11.9 Å². The molecule has 6 heteroatoms. The highest BCUT2D eigenvalue weighted by Crippen LogP contribution is 2.40. The first-order valence-electron chi connectivity index (χ1n) is 12.7. The number of para-hydroxylation sites is 2. The van der Waals surface area contributed by atoms with Gasteiger partial charge in [0, 0.05) is 31.2 Å². The number of hydrogen-bond donors (Lipinski definition) is 2. The first kappa shape index (κ1) is 24.3. The summed E-state index contributed by atoms with van der Waals surface area (Å²) >= 11 is 0. The maximum Gasteiger partial charge on any atom is 0.254 e. The summed E-state index contributed by atoms with van der Waals surface area (Å²) in [7, 11) is 1.97. The Balaban J connectivity index is 1.46. The predicted octanol–water partition coefficient (Wildman–Crippen LogP) is 4.93. The van der Waals surface area contributed by atoms with Crippen molar-refractivity contribution in [3.63, 3.8) is 0 Å². The molecule has 0 aromatic heterocycles. The van der Waals surface area contributed by atoms with Gasteiger partial charge in [-0.2, -0.15) is 0 Å². The van der Waals surface area contributed by atoms with Crippen molar-refractivity contribution in [1.29, 1.82) is 5.41 Å². The maximum atomic E-state index is 13.8. The molecular formula is C28H39N5O. The SMILES string of the molecule is CC1CCCC(C)N1CCCCCN1C(=O)C(c2cccc(C(=N)N)c2)N(C)c2ccccc21. The number of nitrogens with zero attached hydrogens (tertiary/aromatic N) is 3. The third-order valence-corrected chi connectivity index (χ3v) is 7.63. The summed E-state index contributed by atoms with van der Waals surface area (Å²) in [6, 6.07) is 16.6. The third-order valence-electron chi connectivity index (χ3n) is 7.63. The summed E-state index contributed by atoms with van der Waals surface area (Å²) in [6.07, 6.45) is 7.23. The van der Waals surface area contributed by atoms with Gasteiger partial charge in [0.05, 0.1) is 11.4 Å². The monoisotopic (exact) mass is 461 g/mol. The van der Waals surface area contributed by atoms with Gasteiger partial charge in [-0.25, -0.2) is 0 Å². The number of piperidine rings is 1. The van der Waals surface area contributed by atoms with Crippen LogP contribution < -0.4 is 15.5 Å². The van der Waals surface area contributed by atoms with Gasteiger partial charge in [0.25, 0.3) is 5.91 Å². The molecule has 2 heterocycles. The second-order valence-corrected chi connectivity index (χ2v) is 9.96. The van der Waals surface area contributed by atoms with Gasteiger partial charge in [0.2, 0.25) is 0 Å². The Morgan fingerprint density at radius 3 is 2.35 bits per heavy atom. The highest BCUT2D eigenvalue weighted by molar-refractivity contribution is 6.06. The number of benzene rings is 2. The second kappa shape index (κ2) is 10.6. The van der Waals surface area contributed by atoms with Gasteiger partial charge in [-0.1, -0.05) is 43.2 Å². The molecule has 2 aromatic rings. The Hall–Kier alpha value is -2.86. The molecule has 0 spiro atoms. The summed E-state index contributed by atoms with van der Waals surface area (Å²) in [5.41, 5.74) is 9.26. The highest BCUT2D eigenvalue weighted by Gasteiger charge is 2.37. The second-order valence-electron chi connectivity index (χ2n) is 9.96. The zero-order valence-corrected chi connectivity index (χ0v) is 20.8. The molecule has 1 fully saturated rings. The number of anilines is 2. The highest BCUT2D eigenvalue weighted by atomic mass is 16.2. The number of amides is 1. The third kappa shape index (κ3) is 4.97. The summed E-state index contributed by atoms with van der Waals surface area (Å²) in [4.78, 5) is 20.4. The molecule has 3 atom stereocenters. The Morgan fingerprint density at radius 2 is 1.65 bits per heavy atom. The van der Waals surface area contributed by atoms with Crippen molar-refractivity contribution in [3.05, 3.63) is 59.7 Å². The van der Waals surface area contributed by atoms with Crippen LogP contribution in [0.25, 0.3) is 0 Å². The van der Waals surface area contributed by atoms with E-state index in [9.17, 15) is 4.79 Å². The number of nitrogens with one attached hydrogen (secondary N) is 1. The number of nitrogen functional groups attached to an aromatic ring is 1. The van der Waals surface area contributed by atoms with E-state index >= 15 is 0 Å². The van der Waals surface area contributed by atoms with E-state index in [1.165, 1.54) is 25.7 Å². The van der Waals surface area contributed by atoms with Crippen molar-refractivity contribution in [2.24, 2.45) is 5.73 Å². The fourth-order valence-electron chi connectivity index (χ4n) is 5.69. The van der Waals surface area contributed by atoms with Crippen LogP contribution in [-0.2, 0) is 4.79 Å². The van der Waals surface area contributed by atoms with Crippen LogP contribution in [0.5, 0.6) is 0 Å². The predicted molar refractivity (Wildman–Crippen MR) is 141 cm³/mol. The number of likely N-dealkylation sites (N-methyl/N-ethyl adjacent to an activating group) is 1. The molecule has 3 N–H and O–H groups in total. The van der Waals surface area contributed by atoms with Gasteiger partial charge < -0.3 is 15.5 Å². The van der Waals surface area contributed by atoms with Gasteiger partial charge in [-0.3, -0.25) is 15.1 Å². The smallest absolute Gasteiger partial charge is 0.254 e. The van der Waals surface area contributed by atoms with Gasteiger partial charge in [-0.05, 0) is 69.8 Å². The maximum absolute atomic E-state index is 13.8. The fourth-order valence-corrected chi connectivity index (χ4v) is 5.69. The van der Waals surface area contributed by atoms with Crippen LogP contribution in [0.1, 0.15) is 69.5 Å². The topological polar surface area (TPSA) is 76.7 Å². The van der Waals surface area contributed by atoms with E-state index in [4.69, 9.17) is 11.1 Å². The lowest BCUT2D eigenvalue weighted by Crippen LogP contribution is -2.47. The van der Waals surface area contributed by atoms with Crippen LogP contribution in [0.3, 0.4) is 0 Å². The molecule has 2 aromatic carbocycles. The molecule has 182 valence electrons. The average molecular weight is 462 g/mol. The van der Waals surface area contributed by atoms with Crippen LogP contribution in [0.2, 0.25) is 0 Å². The molecule has 0 radical (unpaired) electrons. The van der Waals surface area contributed by atoms with Crippen LogP contribution in [0.15, 0.2) is 48.5 Å². The average Bonchev–Trinajstić information content (AvgIpc) is 2.82. The number of carbonyl (C=O) groups is 1. The molecule has 34 heavy (non-hydrogen) atoms. The number of rotatable bonds is 8. The van der Waals surface area contributed by atoms with Crippen molar-refractivity contribution in [2.75, 3.05) is 29.9 Å². The Bertz CT molecular complexity index is 1010. The number of amidine groups is 1. The zero-order valence-electron chi connectivity index (χ0n) is 20.8. The van der Waals surface area contributed by atoms with Crippen LogP contribution in [0, 0.1) is 5.41 Å². The van der Waals surface area contributed by atoms with Gasteiger partial charge >= 0.3 is 0 Å². The van der Waals surface area contributed by atoms with Crippen molar-refractivity contribution >= 4 is 23.1 Å². The molecule has 3 unspecified atom stereocenters. The van der Waals surface area contributed by atoms with Crippen molar-refractivity contribution < 1.29 is 4.79 Å². The van der Waals surface area contributed by atoms with Crippen molar-refractivity contribution in [3.8, 4) is 0 Å². The zero-order chi connectivity index (χ0) is 24.2. The molecule has 0 aliphatic carbocycles. The Morgan fingerprint density at radius 1 is 0.971 bits per heavy atom. The number of fused-ring (bicyclic) bond motifs is 1. The Labute approximate surface area is 204 Å². The normalized spacial score (nSPS) is 23.1. The van der Waals surface area contributed by atoms with Gasteiger partial charge in [-0.15, -0.1) is 0 Å². The number of hydrogen-bond acceptors (Lipinski definition) is 4. The molecule has 2 aliphatic heterocycles. The minimum atomic E-state index is -0.427. The minimum absolute atomic E-state index is 0.0161. The van der Waals surface area contributed by atoms with E-state index < -0.39 is 6.04 Å². The molecule has 1 saturated heterocycles. The van der Waals surface area contributed by atoms with E-state index in [0.717, 1.165) is 42.9 Å². The van der Waals surface area contributed by atoms with E-state index in [-0.39, 0.29) is 11.7 Å². The largest absolute Gasteiger partial charge is 0.384 e. The summed E-state index contributed by atoms with van der Waals surface area (Å²) in [5, 5.41) is 7.80. The number of nitrogens with two attached hydrogens (primary N) is 1. The van der Waals surface area contributed by atoms with Crippen molar-refractivity contribution in [2.45, 2.75) is 70.5 Å². The first-order chi connectivity index (χ1) is 16.4. The molecule has 0 bridgehead atoms. The summed E-state index contributed by atoms with van der Waals surface area (Å²) in [6.45, 7) is 6.58. The van der Waals surface area contributed by atoms with Gasteiger partial charge in [0.15, 0.2) is 0 Å². The summed E-state index contributed by atoms with van der Waals surface area (Å²) in [5.74, 6) is 0.0996. The summed E-state index contributed by atoms with van der Waals surface area (Å²) < 4.78 is 0. The molecule has 1 amide bonds. The van der Waals surface area contributed by atoms with Crippen molar-refractivity contribution in [1.82, 2.24) is 4.90 Å². The number of unbranched alkanes of at least 4 members (excludes halogenated alkanes) is 2. The lowest BCUT2D eigenvalue weighted by molar-refractivity contribution is -0.120. The van der Waals surface area contributed by atoms with Crippen LogP contribution >= 0.6 is 0 Å². The molecule has 6 nitrogen and oxygen atoms in total. The Kier molecular flexibility index (Phi) is 7.57. The quantitative estimate of drug-likeness (QED) is 0.332. The van der Waals surface area contributed by atoms with E-state index in [2.05, 4.69) is 24.8 Å². The number of carbonyl (C=O) groups excluding carboxylic acids is 1. The number of likely N-dealkylation sites (tertiary alicyclic amines) is 1. The first-order valence-corrected chi connectivity index (χ1v) is 12.7. The fraction of sp³-hybridized carbons (Fsp3) is 0.500. The molecular weight excluding hydrogens is 422 g/mol. The molecule has 0 saturated carbocycles. The lowest BCUT2D eigenvalue weighted by atomic mass is 9.96. The van der Waals surface area contributed by atoms with Crippen LogP contribution in [0.4, 0.5) is 11.4 Å². The van der Waals surface area contributed by atoms with Crippen LogP contribution in [-0.4, -0.2) is 48.9 Å². The van der Waals surface area contributed by atoms with E-state index in [1.54, 1.807) is 0 Å². The minimum Gasteiger partial charge on any atom is -0.384 e. The molecule has 4 rings (SSSR count). The standard InChI is InChI=1S/C28H39N5O/c1-20-11-9-12-21(2)32(20)17-7-4-8-18-33-25-16-6-5-15-24(25)31(3)26(28(33)34)22-13-10-14-23(19-22)27(29)30/h5-6,10,13-16,19-21,26H,4,7-9,11-12,17-18H2,1-3H3,(H3,29,30).